The monoisotopic (exact) mass is 301 g/mol. The van der Waals surface area contributed by atoms with Crippen molar-refractivity contribution in [1.82, 2.24) is 5.32 Å². The Morgan fingerprint density at radius 3 is 2.62 bits per heavy atom. The van der Waals surface area contributed by atoms with Crippen LogP contribution in [-0.2, 0) is 0 Å². The summed E-state index contributed by atoms with van der Waals surface area (Å²) in [6, 6.07) is 2.16. The molecule has 0 radical (unpaired) electrons. The quantitative estimate of drug-likeness (QED) is 0.813. The molecular weight excluding hydrogens is 280 g/mol. The number of aliphatic hydroxyl groups is 1. The van der Waals surface area contributed by atoms with Crippen LogP contribution < -0.4 is 10.1 Å². The number of hydrogen-bond donors (Lipinski definition) is 2. The number of rotatable bonds is 7. The van der Waals surface area contributed by atoms with Crippen molar-refractivity contribution in [3.05, 3.63) is 29.3 Å². The maximum absolute atomic E-state index is 14.1. The van der Waals surface area contributed by atoms with E-state index in [2.05, 4.69) is 5.32 Å². The third-order valence-corrected chi connectivity index (χ3v) is 3.10. The highest BCUT2D eigenvalue weighted by atomic mass is 19.1. The van der Waals surface area contributed by atoms with Crippen molar-refractivity contribution >= 4 is 5.91 Å². The lowest BCUT2D eigenvalue weighted by Gasteiger charge is -2.24. The molecule has 0 aliphatic heterocycles. The smallest absolute Gasteiger partial charge is 0.257 e. The van der Waals surface area contributed by atoms with Gasteiger partial charge in [0.1, 0.15) is 11.4 Å². The van der Waals surface area contributed by atoms with Crippen LogP contribution in [0.5, 0.6) is 5.75 Å². The maximum Gasteiger partial charge on any atom is 0.257 e. The zero-order valence-corrected chi connectivity index (χ0v) is 12.5. The molecule has 0 aliphatic carbocycles. The average molecular weight is 301 g/mol. The van der Waals surface area contributed by atoms with Gasteiger partial charge in [0.2, 0.25) is 0 Å². The largest absolute Gasteiger partial charge is 0.491 e. The van der Waals surface area contributed by atoms with Gasteiger partial charge < -0.3 is 15.2 Å². The van der Waals surface area contributed by atoms with Crippen LogP contribution in [0.4, 0.5) is 8.78 Å². The minimum absolute atomic E-state index is 0.0224. The normalized spacial score (nSPS) is 11.3. The highest BCUT2D eigenvalue weighted by molar-refractivity contribution is 5.95. The number of ether oxygens (including phenoxy) is 1. The van der Waals surface area contributed by atoms with Gasteiger partial charge in [0.25, 0.3) is 5.91 Å². The molecule has 0 spiro atoms. The molecule has 2 N–H and O–H groups in total. The Morgan fingerprint density at radius 2 is 2.05 bits per heavy atom. The molecule has 0 saturated heterocycles. The van der Waals surface area contributed by atoms with Gasteiger partial charge in [0.15, 0.2) is 11.6 Å². The lowest BCUT2D eigenvalue weighted by molar-refractivity contribution is 0.0918. The first-order valence-corrected chi connectivity index (χ1v) is 6.82. The van der Waals surface area contributed by atoms with Crippen molar-refractivity contribution in [3.63, 3.8) is 0 Å². The Labute approximate surface area is 123 Å². The molecule has 0 atom stereocenters. The summed E-state index contributed by atoms with van der Waals surface area (Å²) in [5.41, 5.74) is -1.02. The van der Waals surface area contributed by atoms with Gasteiger partial charge in [0.05, 0.1) is 6.61 Å². The van der Waals surface area contributed by atoms with Crippen LogP contribution in [0.1, 0.15) is 37.6 Å². The van der Waals surface area contributed by atoms with Gasteiger partial charge in [-0.2, -0.15) is 0 Å². The van der Waals surface area contributed by atoms with Crippen molar-refractivity contribution in [2.24, 2.45) is 5.41 Å². The van der Waals surface area contributed by atoms with E-state index in [1.54, 1.807) is 6.92 Å². The molecule has 1 aromatic rings. The van der Waals surface area contributed by atoms with Crippen LogP contribution >= 0.6 is 0 Å². The number of benzene rings is 1. The van der Waals surface area contributed by atoms with Crippen molar-refractivity contribution in [2.45, 2.75) is 27.2 Å². The van der Waals surface area contributed by atoms with Crippen molar-refractivity contribution in [2.75, 3.05) is 19.8 Å². The third-order valence-electron chi connectivity index (χ3n) is 3.10. The second-order valence-electron chi connectivity index (χ2n) is 5.49. The molecule has 0 unspecified atom stereocenters. The SMILES string of the molecule is CCOc1ccc(F)c(C(=O)NCC(C)(C)CCO)c1F. The molecule has 0 fully saturated rings. The fourth-order valence-electron chi connectivity index (χ4n) is 1.81. The van der Waals surface area contributed by atoms with Gasteiger partial charge in [-0.1, -0.05) is 13.8 Å². The Bertz CT molecular complexity index is 504. The summed E-state index contributed by atoms with van der Waals surface area (Å²) >= 11 is 0. The second kappa shape index (κ2) is 7.36. The standard InChI is InChI=1S/C15H21F2NO3/c1-4-21-11-6-5-10(16)12(13(11)17)14(20)18-9-15(2,3)7-8-19/h5-6,19H,4,7-9H2,1-3H3,(H,18,20). The Kier molecular flexibility index (Phi) is 6.08. The number of halogens is 2. The van der Waals surface area contributed by atoms with E-state index >= 15 is 0 Å². The first-order chi connectivity index (χ1) is 9.82. The van der Waals surface area contributed by atoms with Crippen molar-refractivity contribution < 1.29 is 23.4 Å². The molecule has 6 heteroatoms. The maximum atomic E-state index is 14.1. The van der Waals surface area contributed by atoms with Gasteiger partial charge in [-0.3, -0.25) is 4.79 Å². The predicted octanol–water partition coefficient (Wildman–Crippen LogP) is 2.50. The number of amides is 1. The molecule has 0 aromatic heterocycles. The van der Waals surface area contributed by atoms with E-state index in [0.717, 1.165) is 12.1 Å². The topological polar surface area (TPSA) is 58.6 Å². The minimum atomic E-state index is -1.01. The minimum Gasteiger partial charge on any atom is -0.491 e. The summed E-state index contributed by atoms with van der Waals surface area (Å²) in [4.78, 5) is 12.0. The Hall–Kier alpha value is -1.69. The van der Waals surface area contributed by atoms with Crippen molar-refractivity contribution in [3.8, 4) is 5.75 Å². The van der Waals surface area contributed by atoms with E-state index in [1.807, 2.05) is 13.8 Å². The van der Waals surface area contributed by atoms with Crippen LogP contribution in [0.25, 0.3) is 0 Å². The summed E-state index contributed by atoms with van der Waals surface area (Å²) in [6.45, 7) is 5.74. The van der Waals surface area contributed by atoms with Crippen LogP contribution in [0, 0.1) is 17.0 Å². The fraction of sp³-hybridized carbons (Fsp3) is 0.533. The van der Waals surface area contributed by atoms with Crippen LogP contribution in [0.15, 0.2) is 12.1 Å². The molecule has 0 saturated carbocycles. The molecule has 1 amide bonds. The molecule has 0 bridgehead atoms. The number of nitrogens with one attached hydrogen (secondary N) is 1. The first kappa shape index (κ1) is 17.4. The molecule has 4 nitrogen and oxygen atoms in total. The summed E-state index contributed by atoms with van der Waals surface area (Å²) in [5, 5.41) is 11.4. The van der Waals surface area contributed by atoms with Gasteiger partial charge >= 0.3 is 0 Å². The Balaban J connectivity index is 2.89. The molecule has 118 valence electrons. The summed E-state index contributed by atoms with van der Waals surface area (Å²) < 4.78 is 32.8. The van der Waals surface area contributed by atoms with E-state index in [-0.39, 0.29) is 30.9 Å². The molecule has 1 rings (SSSR count). The van der Waals surface area contributed by atoms with E-state index in [0.29, 0.717) is 6.42 Å². The summed E-state index contributed by atoms with van der Waals surface area (Å²) in [5.74, 6) is -2.93. The highest BCUT2D eigenvalue weighted by Gasteiger charge is 2.24. The van der Waals surface area contributed by atoms with Crippen LogP contribution in [-0.4, -0.2) is 30.8 Å². The summed E-state index contributed by atoms with van der Waals surface area (Å²) in [7, 11) is 0. The zero-order valence-electron chi connectivity index (χ0n) is 12.5. The lowest BCUT2D eigenvalue weighted by atomic mass is 9.89. The number of carbonyl (C=O) groups is 1. The highest BCUT2D eigenvalue weighted by Crippen LogP contribution is 2.24. The predicted molar refractivity (Wildman–Crippen MR) is 75.3 cm³/mol. The Morgan fingerprint density at radius 1 is 1.38 bits per heavy atom. The second-order valence-corrected chi connectivity index (χ2v) is 5.49. The van der Waals surface area contributed by atoms with E-state index in [1.165, 1.54) is 0 Å². The number of carbonyl (C=O) groups excluding carboxylic acids is 1. The number of hydrogen-bond acceptors (Lipinski definition) is 3. The van der Waals surface area contributed by atoms with Crippen LogP contribution in [0.2, 0.25) is 0 Å². The average Bonchev–Trinajstić information content (AvgIpc) is 2.40. The van der Waals surface area contributed by atoms with E-state index in [4.69, 9.17) is 9.84 Å². The fourth-order valence-corrected chi connectivity index (χ4v) is 1.81. The third kappa shape index (κ3) is 4.67. The van der Waals surface area contributed by atoms with Crippen molar-refractivity contribution in [1.29, 1.82) is 0 Å². The van der Waals surface area contributed by atoms with E-state index in [9.17, 15) is 13.6 Å². The molecule has 0 heterocycles. The van der Waals surface area contributed by atoms with Crippen LogP contribution in [0.3, 0.4) is 0 Å². The van der Waals surface area contributed by atoms with Gasteiger partial charge in [-0.05, 0) is 30.9 Å². The molecule has 1 aromatic carbocycles. The molecule has 0 aliphatic rings. The molecular formula is C15H21F2NO3. The first-order valence-electron chi connectivity index (χ1n) is 6.82. The zero-order chi connectivity index (χ0) is 16.0. The summed E-state index contributed by atoms with van der Waals surface area (Å²) in [6.07, 6.45) is 0.469. The van der Waals surface area contributed by atoms with Gasteiger partial charge in [-0.15, -0.1) is 0 Å². The van der Waals surface area contributed by atoms with Gasteiger partial charge in [0, 0.05) is 13.2 Å². The van der Waals surface area contributed by atoms with E-state index < -0.39 is 23.1 Å². The number of aliphatic hydroxyl groups excluding tert-OH is 1. The molecule has 21 heavy (non-hydrogen) atoms. The lowest BCUT2D eigenvalue weighted by Crippen LogP contribution is -2.35. The van der Waals surface area contributed by atoms with Gasteiger partial charge in [-0.25, -0.2) is 8.78 Å².